The average molecular weight is 314 g/mol. The molecule has 2 rings (SSSR count). The maximum Gasteiger partial charge on any atom is 0.270 e. The number of amides is 1. The molecule has 0 unspecified atom stereocenters. The first-order valence-electron chi connectivity index (χ1n) is 7.36. The monoisotopic (exact) mass is 314 g/mol. The highest BCUT2D eigenvalue weighted by atomic mass is 16.6. The van der Waals surface area contributed by atoms with E-state index < -0.39 is 4.92 Å². The third-order valence-corrected chi connectivity index (χ3v) is 3.42. The summed E-state index contributed by atoms with van der Waals surface area (Å²) in [6.07, 6.45) is 0. The molecule has 23 heavy (non-hydrogen) atoms. The molecule has 0 aliphatic carbocycles. The first-order valence-corrected chi connectivity index (χ1v) is 7.36. The number of non-ortho nitro benzene ring substituents is 1. The fourth-order valence-corrected chi connectivity index (χ4v) is 2.32. The minimum atomic E-state index is -0.508. The molecule has 0 saturated heterocycles. The SMILES string of the molecule is C[NH+](C)Cc1ccccc1CNC(=O)c1cccc([N+](=O)[O-])c1. The van der Waals surface area contributed by atoms with E-state index in [0.717, 1.165) is 12.1 Å². The number of quaternary nitrogens is 1. The number of nitrogens with one attached hydrogen (secondary N) is 2. The molecular formula is C17H20N3O3+. The molecule has 0 atom stereocenters. The third-order valence-electron chi connectivity index (χ3n) is 3.42. The van der Waals surface area contributed by atoms with Crippen LogP contribution in [0.3, 0.4) is 0 Å². The lowest BCUT2D eigenvalue weighted by molar-refractivity contribution is -0.872. The number of hydrogen-bond acceptors (Lipinski definition) is 3. The molecule has 2 aromatic rings. The zero-order chi connectivity index (χ0) is 16.8. The second-order valence-electron chi connectivity index (χ2n) is 5.64. The molecule has 0 aliphatic heterocycles. The molecule has 6 nitrogen and oxygen atoms in total. The van der Waals surface area contributed by atoms with Crippen LogP contribution in [0.1, 0.15) is 21.5 Å². The number of benzene rings is 2. The summed E-state index contributed by atoms with van der Waals surface area (Å²) >= 11 is 0. The quantitative estimate of drug-likeness (QED) is 0.621. The van der Waals surface area contributed by atoms with Crippen molar-refractivity contribution in [1.29, 1.82) is 0 Å². The van der Waals surface area contributed by atoms with Crippen LogP contribution in [0.4, 0.5) is 5.69 Å². The maximum atomic E-state index is 12.2. The van der Waals surface area contributed by atoms with Crippen molar-refractivity contribution in [2.24, 2.45) is 0 Å². The van der Waals surface area contributed by atoms with Gasteiger partial charge in [-0.2, -0.15) is 0 Å². The molecule has 6 heteroatoms. The number of hydrogen-bond donors (Lipinski definition) is 2. The van der Waals surface area contributed by atoms with E-state index in [4.69, 9.17) is 0 Å². The van der Waals surface area contributed by atoms with Gasteiger partial charge in [-0.25, -0.2) is 0 Å². The van der Waals surface area contributed by atoms with Crippen molar-refractivity contribution in [3.05, 3.63) is 75.3 Å². The van der Waals surface area contributed by atoms with Crippen molar-refractivity contribution in [3.8, 4) is 0 Å². The Bertz CT molecular complexity index is 714. The largest absolute Gasteiger partial charge is 0.348 e. The Morgan fingerprint density at radius 2 is 1.83 bits per heavy atom. The van der Waals surface area contributed by atoms with Crippen molar-refractivity contribution < 1.29 is 14.6 Å². The number of nitro groups is 1. The molecule has 0 radical (unpaired) electrons. The molecule has 0 aliphatic rings. The van der Waals surface area contributed by atoms with E-state index in [1.807, 2.05) is 24.3 Å². The third kappa shape index (κ3) is 4.62. The lowest BCUT2D eigenvalue weighted by Gasteiger charge is -2.13. The first-order chi connectivity index (χ1) is 11.0. The second-order valence-corrected chi connectivity index (χ2v) is 5.64. The molecular weight excluding hydrogens is 294 g/mol. The van der Waals surface area contributed by atoms with E-state index in [1.165, 1.54) is 28.7 Å². The van der Waals surface area contributed by atoms with E-state index in [9.17, 15) is 14.9 Å². The van der Waals surface area contributed by atoms with Crippen molar-refractivity contribution in [3.63, 3.8) is 0 Å². The summed E-state index contributed by atoms with van der Waals surface area (Å²) in [6, 6.07) is 13.7. The van der Waals surface area contributed by atoms with Crippen LogP contribution in [0.15, 0.2) is 48.5 Å². The van der Waals surface area contributed by atoms with Gasteiger partial charge in [0.05, 0.1) is 19.0 Å². The van der Waals surface area contributed by atoms with Gasteiger partial charge in [0.15, 0.2) is 0 Å². The second kappa shape index (κ2) is 7.51. The Morgan fingerprint density at radius 3 is 2.48 bits per heavy atom. The molecule has 0 aromatic heterocycles. The van der Waals surface area contributed by atoms with Crippen molar-refractivity contribution in [2.75, 3.05) is 14.1 Å². The normalized spacial score (nSPS) is 10.6. The molecule has 120 valence electrons. The molecule has 0 heterocycles. The van der Waals surface area contributed by atoms with Crippen molar-refractivity contribution in [2.45, 2.75) is 13.1 Å². The zero-order valence-corrected chi connectivity index (χ0v) is 13.2. The van der Waals surface area contributed by atoms with E-state index in [0.29, 0.717) is 6.54 Å². The van der Waals surface area contributed by atoms with Gasteiger partial charge in [-0.3, -0.25) is 14.9 Å². The fourth-order valence-electron chi connectivity index (χ4n) is 2.32. The van der Waals surface area contributed by atoms with Crippen LogP contribution in [0.25, 0.3) is 0 Å². The van der Waals surface area contributed by atoms with Gasteiger partial charge >= 0.3 is 0 Å². The van der Waals surface area contributed by atoms with Crippen molar-refractivity contribution >= 4 is 11.6 Å². The van der Waals surface area contributed by atoms with E-state index >= 15 is 0 Å². The molecule has 0 spiro atoms. The number of nitro benzene ring substituents is 1. The lowest BCUT2D eigenvalue weighted by atomic mass is 10.1. The highest BCUT2D eigenvalue weighted by molar-refractivity contribution is 5.94. The van der Waals surface area contributed by atoms with Gasteiger partial charge in [-0.05, 0) is 11.6 Å². The van der Waals surface area contributed by atoms with E-state index in [2.05, 4.69) is 19.4 Å². The van der Waals surface area contributed by atoms with Gasteiger partial charge in [0.2, 0.25) is 0 Å². The summed E-state index contributed by atoms with van der Waals surface area (Å²) < 4.78 is 0. The van der Waals surface area contributed by atoms with Gasteiger partial charge < -0.3 is 10.2 Å². The molecule has 2 N–H and O–H groups in total. The highest BCUT2D eigenvalue weighted by Crippen LogP contribution is 2.13. The predicted molar refractivity (Wildman–Crippen MR) is 87.2 cm³/mol. The molecule has 1 amide bonds. The van der Waals surface area contributed by atoms with Crippen LogP contribution in [-0.4, -0.2) is 24.9 Å². The van der Waals surface area contributed by atoms with Gasteiger partial charge in [0, 0.05) is 29.8 Å². The van der Waals surface area contributed by atoms with Crippen LogP contribution < -0.4 is 10.2 Å². The summed E-state index contributed by atoms with van der Waals surface area (Å²) in [7, 11) is 4.14. The smallest absolute Gasteiger partial charge is 0.270 e. The van der Waals surface area contributed by atoms with Crippen molar-refractivity contribution in [1.82, 2.24) is 5.32 Å². The van der Waals surface area contributed by atoms with Gasteiger partial charge in [0.25, 0.3) is 11.6 Å². The molecule has 0 saturated carbocycles. The predicted octanol–water partition coefficient (Wildman–Crippen LogP) is 1.17. The van der Waals surface area contributed by atoms with Crippen LogP contribution in [0.2, 0.25) is 0 Å². The van der Waals surface area contributed by atoms with E-state index in [-0.39, 0.29) is 17.2 Å². The van der Waals surface area contributed by atoms with Crippen LogP contribution >= 0.6 is 0 Å². The standard InChI is InChI=1S/C17H19N3O3/c1-19(2)12-15-7-4-3-6-14(15)11-18-17(21)13-8-5-9-16(10-13)20(22)23/h3-10H,11-12H2,1-2H3,(H,18,21)/p+1. The Kier molecular flexibility index (Phi) is 5.43. The molecule has 0 fully saturated rings. The Hall–Kier alpha value is -2.73. The average Bonchev–Trinajstić information content (AvgIpc) is 2.53. The highest BCUT2D eigenvalue weighted by Gasteiger charge is 2.12. The minimum Gasteiger partial charge on any atom is -0.348 e. The lowest BCUT2D eigenvalue weighted by Crippen LogP contribution is -3.04. The Labute approximate surface area is 134 Å². The zero-order valence-electron chi connectivity index (χ0n) is 13.2. The van der Waals surface area contributed by atoms with Crippen LogP contribution in [0, 0.1) is 10.1 Å². The number of carbonyl (C=O) groups excluding carboxylic acids is 1. The minimum absolute atomic E-state index is 0.0887. The Balaban J connectivity index is 2.08. The topological polar surface area (TPSA) is 76.7 Å². The van der Waals surface area contributed by atoms with E-state index in [1.54, 1.807) is 6.07 Å². The van der Waals surface area contributed by atoms with Crippen LogP contribution in [-0.2, 0) is 13.1 Å². The van der Waals surface area contributed by atoms with Gasteiger partial charge in [-0.1, -0.05) is 30.3 Å². The number of carbonyl (C=O) groups is 1. The van der Waals surface area contributed by atoms with Crippen LogP contribution in [0.5, 0.6) is 0 Å². The maximum absolute atomic E-state index is 12.2. The van der Waals surface area contributed by atoms with Gasteiger partial charge in [-0.15, -0.1) is 0 Å². The first kappa shape index (κ1) is 16.6. The summed E-state index contributed by atoms with van der Waals surface area (Å²) in [5, 5.41) is 13.6. The Morgan fingerprint density at radius 1 is 1.13 bits per heavy atom. The summed E-state index contributed by atoms with van der Waals surface area (Å²) in [4.78, 5) is 23.7. The summed E-state index contributed by atoms with van der Waals surface area (Å²) in [5.41, 5.74) is 2.42. The fraction of sp³-hybridized carbons (Fsp3) is 0.235. The van der Waals surface area contributed by atoms with Gasteiger partial charge in [0.1, 0.15) is 6.54 Å². The number of rotatable bonds is 6. The summed E-state index contributed by atoms with van der Waals surface area (Å²) in [6.45, 7) is 1.26. The summed E-state index contributed by atoms with van der Waals surface area (Å²) in [5.74, 6) is -0.319. The number of nitrogens with zero attached hydrogens (tertiary/aromatic N) is 1. The molecule has 2 aromatic carbocycles. The molecule has 0 bridgehead atoms.